The average Bonchev–Trinajstić information content (AvgIpc) is 2.68. The normalized spacial score (nSPS) is 25.3. The predicted molar refractivity (Wildman–Crippen MR) is 99.5 cm³/mol. The molecule has 0 heterocycles. The second-order valence-electron chi connectivity index (χ2n) is 6.73. The zero-order valence-electron chi connectivity index (χ0n) is 15.4. The van der Waals surface area contributed by atoms with Gasteiger partial charge in [0.15, 0.2) is 23.1 Å². The third-order valence-electron chi connectivity index (χ3n) is 4.61. The number of phenols is 1. The summed E-state index contributed by atoms with van der Waals surface area (Å²) in [4.78, 5) is 27.9. The van der Waals surface area contributed by atoms with Crippen molar-refractivity contribution in [2.75, 3.05) is 7.11 Å². The molecule has 0 saturated heterocycles. The summed E-state index contributed by atoms with van der Waals surface area (Å²) in [5, 5.41) is 37.9. The van der Waals surface area contributed by atoms with Crippen molar-refractivity contribution in [2.24, 2.45) is 5.92 Å². The van der Waals surface area contributed by atoms with E-state index in [0.29, 0.717) is 12.0 Å². The molecule has 8 heteroatoms. The molecule has 8 nitrogen and oxygen atoms in total. The van der Waals surface area contributed by atoms with E-state index in [1.807, 2.05) is 0 Å². The Morgan fingerprint density at radius 1 is 1.25 bits per heavy atom. The van der Waals surface area contributed by atoms with Crippen molar-refractivity contribution in [3.05, 3.63) is 42.0 Å². The maximum atomic E-state index is 12.0. The summed E-state index contributed by atoms with van der Waals surface area (Å²) in [7, 11) is 1.42. The molecule has 1 aromatic carbocycles. The van der Waals surface area contributed by atoms with Crippen molar-refractivity contribution in [2.45, 2.75) is 37.6 Å². The number of hydrogen-bond acceptors (Lipinski definition) is 8. The molecule has 0 radical (unpaired) electrons. The van der Waals surface area contributed by atoms with Crippen molar-refractivity contribution >= 4 is 17.6 Å². The minimum atomic E-state index is -2.06. The van der Waals surface area contributed by atoms with Gasteiger partial charge in [-0.05, 0) is 48.6 Å². The van der Waals surface area contributed by atoms with Crippen molar-refractivity contribution in [3.8, 4) is 11.5 Å². The minimum Gasteiger partial charge on any atom is -0.504 e. The summed E-state index contributed by atoms with van der Waals surface area (Å²) >= 11 is 0. The fraction of sp³-hybridized carbons (Fsp3) is 0.400. The van der Waals surface area contributed by atoms with E-state index in [9.17, 15) is 24.9 Å². The van der Waals surface area contributed by atoms with Gasteiger partial charge < -0.3 is 20.1 Å². The lowest BCUT2D eigenvalue weighted by molar-refractivity contribution is -0.423. The van der Waals surface area contributed by atoms with E-state index in [2.05, 4.69) is 4.89 Å². The predicted octanol–water partition coefficient (Wildman–Crippen LogP) is 1.84. The van der Waals surface area contributed by atoms with E-state index < -0.39 is 23.5 Å². The van der Waals surface area contributed by atoms with Gasteiger partial charge in [0.1, 0.15) is 6.10 Å². The van der Waals surface area contributed by atoms with Gasteiger partial charge in [-0.1, -0.05) is 18.2 Å². The zero-order chi connectivity index (χ0) is 20.7. The van der Waals surface area contributed by atoms with Gasteiger partial charge in [0.05, 0.1) is 13.5 Å². The molecular formula is C20H24O8. The summed E-state index contributed by atoms with van der Waals surface area (Å²) in [6.07, 6.45) is 4.71. The fourth-order valence-corrected chi connectivity index (χ4v) is 2.99. The summed E-state index contributed by atoms with van der Waals surface area (Å²) in [6.45, 7) is 0. The number of phenolic OH excluding ortho intramolecular Hbond substituents is 1. The molecule has 0 spiro atoms. The summed E-state index contributed by atoms with van der Waals surface area (Å²) in [5.41, 5.74) is 0.634. The van der Waals surface area contributed by atoms with Gasteiger partial charge in [0, 0.05) is 6.42 Å². The van der Waals surface area contributed by atoms with Crippen LogP contribution in [-0.4, -0.2) is 51.1 Å². The number of carbonyl (C=O) groups is 2. The van der Waals surface area contributed by atoms with E-state index in [-0.39, 0.29) is 36.7 Å². The van der Waals surface area contributed by atoms with Gasteiger partial charge in [0.2, 0.25) is 5.79 Å². The Morgan fingerprint density at radius 3 is 2.64 bits per heavy atom. The van der Waals surface area contributed by atoms with Crippen molar-refractivity contribution in [3.63, 3.8) is 0 Å². The van der Waals surface area contributed by atoms with Crippen molar-refractivity contribution in [1.29, 1.82) is 0 Å². The first kappa shape index (κ1) is 21.8. The van der Waals surface area contributed by atoms with Crippen LogP contribution in [0, 0.1) is 5.92 Å². The molecular weight excluding hydrogens is 368 g/mol. The standard InChI is InChI=1S/C20H24O8/c1-27-18-10-13(4-8-17(18)23)2-6-15(21)11-16(22)7-3-14-5-9-19(24)20(25,12-14)28-26/h2-4,6-8,10,14,19,23-26H,5,9,11-12H2,1H3/b6-2+,7-3+. The quantitative estimate of drug-likeness (QED) is 0.173. The van der Waals surface area contributed by atoms with Crippen LogP contribution in [-0.2, 0) is 14.5 Å². The van der Waals surface area contributed by atoms with E-state index in [1.165, 1.54) is 31.4 Å². The van der Waals surface area contributed by atoms with Crippen molar-refractivity contribution in [1.82, 2.24) is 0 Å². The van der Waals surface area contributed by atoms with E-state index in [1.54, 1.807) is 18.2 Å². The third kappa shape index (κ3) is 5.74. The highest BCUT2D eigenvalue weighted by Gasteiger charge is 2.43. The Bertz CT molecular complexity index is 769. The molecule has 28 heavy (non-hydrogen) atoms. The number of aliphatic hydroxyl groups excluding tert-OH is 1. The molecule has 0 aliphatic heterocycles. The Labute approximate surface area is 162 Å². The average molecular weight is 392 g/mol. The van der Waals surface area contributed by atoms with Crippen LogP contribution in [0.15, 0.2) is 36.4 Å². The topological polar surface area (TPSA) is 134 Å². The number of benzene rings is 1. The highest BCUT2D eigenvalue weighted by Crippen LogP contribution is 2.34. The number of rotatable bonds is 8. The Kier molecular flexibility index (Phi) is 7.47. The first-order chi connectivity index (χ1) is 13.3. The van der Waals surface area contributed by atoms with E-state index >= 15 is 0 Å². The molecule has 1 aliphatic rings. The van der Waals surface area contributed by atoms with Gasteiger partial charge in [0.25, 0.3) is 0 Å². The van der Waals surface area contributed by atoms with Gasteiger partial charge in [-0.2, -0.15) is 0 Å². The van der Waals surface area contributed by atoms with Crippen LogP contribution in [0.1, 0.15) is 31.2 Å². The van der Waals surface area contributed by atoms with E-state index in [4.69, 9.17) is 9.99 Å². The Hall–Kier alpha value is -2.52. The number of aliphatic hydroxyl groups is 2. The van der Waals surface area contributed by atoms with Crippen LogP contribution in [0.4, 0.5) is 0 Å². The highest BCUT2D eigenvalue weighted by atomic mass is 17.1. The number of aromatic hydroxyl groups is 1. The van der Waals surface area contributed by atoms with E-state index in [0.717, 1.165) is 0 Å². The van der Waals surface area contributed by atoms with Crippen molar-refractivity contribution < 1.29 is 39.8 Å². The Balaban J connectivity index is 1.88. The smallest absolute Gasteiger partial charge is 0.225 e. The molecule has 1 aliphatic carbocycles. The second kappa shape index (κ2) is 9.61. The molecule has 0 amide bonds. The molecule has 0 bridgehead atoms. The number of allylic oxidation sites excluding steroid dienone is 3. The van der Waals surface area contributed by atoms with Crippen LogP contribution in [0.5, 0.6) is 11.5 Å². The van der Waals surface area contributed by atoms with Crippen LogP contribution in [0.3, 0.4) is 0 Å². The molecule has 152 valence electrons. The molecule has 3 atom stereocenters. The first-order valence-corrected chi connectivity index (χ1v) is 8.79. The lowest BCUT2D eigenvalue weighted by Gasteiger charge is -2.36. The number of carbonyl (C=O) groups excluding carboxylic acids is 2. The zero-order valence-corrected chi connectivity index (χ0v) is 15.4. The SMILES string of the molecule is COc1cc(/C=C/C(=O)CC(=O)/C=C/C2CCC(O)C(O)(OO)C2)ccc1O. The molecule has 1 fully saturated rings. The lowest BCUT2D eigenvalue weighted by atomic mass is 9.82. The van der Waals surface area contributed by atoms with Gasteiger partial charge >= 0.3 is 0 Å². The van der Waals surface area contributed by atoms with Crippen LogP contribution in [0.2, 0.25) is 0 Å². The van der Waals surface area contributed by atoms with Crippen LogP contribution in [0.25, 0.3) is 6.08 Å². The number of hydrogen-bond donors (Lipinski definition) is 4. The fourth-order valence-electron chi connectivity index (χ4n) is 2.99. The summed E-state index contributed by atoms with van der Waals surface area (Å²) in [6, 6.07) is 4.60. The van der Waals surface area contributed by atoms with Crippen LogP contribution < -0.4 is 4.74 Å². The monoisotopic (exact) mass is 392 g/mol. The largest absolute Gasteiger partial charge is 0.504 e. The van der Waals surface area contributed by atoms with Gasteiger partial charge in [-0.3, -0.25) is 9.59 Å². The molecule has 4 N–H and O–H groups in total. The molecule has 1 saturated carbocycles. The first-order valence-electron chi connectivity index (χ1n) is 8.79. The number of methoxy groups -OCH3 is 1. The highest BCUT2D eigenvalue weighted by molar-refractivity contribution is 6.09. The van der Waals surface area contributed by atoms with Gasteiger partial charge in [-0.25, -0.2) is 10.1 Å². The number of ketones is 2. The minimum absolute atomic E-state index is 0.0139. The molecule has 1 aromatic rings. The third-order valence-corrected chi connectivity index (χ3v) is 4.61. The summed E-state index contributed by atoms with van der Waals surface area (Å²) < 4.78 is 4.99. The number of ether oxygens (including phenoxy) is 1. The molecule has 0 aromatic heterocycles. The molecule has 3 unspecified atom stereocenters. The molecule has 2 rings (SSSR count). The lowest BCUT2D eigenvalue weighted by Crippen LogP contribution is -2.48. The summed E-state index contributed by atoms with van der Waals surface area (Å²) in [5.74, 6) is -2.87. The maximum absolute atomic E-state index is 12.0. The maximum Gasteiger partial charge on any atom is 0.225 e. The second-order valence-corrected chi connectivity index (χ2v) is 6.73. The van der Waals surface area contributed by atoms with Gasteiger partial charge in [-0.15, -0.1) is 0 Å². The van der Waals surface area contributed by atoms with Crippen LogP contribution >= 0.6 is 0 Å². The Morgan fingerprint density at radius 2 is 1.96 bits per heavy atom.